The smallest absolute Gasteiger partial charge is 0.327 e. The molecule has 0 radical (unpaired) electrons. The van der Waals surface area contributed by atoms with E-state index in [1.165, 1.54) is 37.3 Å². The molecular formula is C17H28N4O3. The van der Waals surface area contributed by atoms with Crippen molar-refractivity contribution in [2.75, 3.05) is 45.8 Å². The Bertz CT molecular complexity index is 496. The minimum atomic E-state index is -0.675. The van der Waals surface area contributed by atoms with Gasteiger partial charge in [0, 0.05) is 38.8 Å². The van der Waals surface area contributed by atoms with Crippen molar-refractivity contribution >= 4 is 17.8 Å². The molecule has 7 heteroatoms. The minimum absolute atomic E-state index is 0.291. The monoisotopic (exact) mass is 336 g/mol. The molecule has 3 aliphatic rings. The number of hydrogen-bond acceptors (Lipinski definition) is 4. The van der Waals surface area contributed by atoms with E-state index in [0.29, 0.717) is 38.8 Å². The molecule has 0 saturated carbocycles. The van der Waals surface area contributed by atoms with Crippen LogP contribution in [-0.4, -0.2) is 89.3 Å². The summed E-state index contributed by atoms with van der Waals surface area (Å²) in [4.78, 5) is 43.7. The lowest BCUT2D eigenvalue weighted by atomic mass is 10.00. The number of amides is 4. The van der Waals surface area contributed by atoms with Crippen LogP contribution in [0.15, 0.2) is 0 Å². The van der Waals surface area contributed by atoms with Crippen molar-refractivity contribution in [1.82, 2.24) is 19.6 Å². The summed E-state index contributed by atoms with van der Waals surface area (Å²) in [7, 11) is 0. The van der Waals surface area contributed by atoms with Gasteiger partial charge in [-0.3, -0.25) is 14.5 Å². The van der Waals surface area contributed by atoms with Crippen LogP contribution < -0.4 is 0 Å². The summed E-state index contributed by atoms with van der Waals surface area (Å²) < 4.78 is 0. The Hall–Kier alpha value is -1.63. The van der Waals surface area contributed by atoms with Crippen molar-refractivity contribution in [3.05, 3.63) is 0 Å². The number of carbonyl (C=O) groups excluding carboxylic acids is 3. The van der Waals surface area contributed by atoms with E-state index in [4.69, 9.17) is 0 Å². The van der Waals surface area contributed by atoms with Gasteiger partial charge in [-0.1, -0.05) is 6.42 Å². The largest absolute Gasteiger partial charge is 0.333 e. The molecule has 134 valence electrons. The highest BCUT2D eigenvalue weighted by Crippen LogP contribution is 2.22. The van der Waals surface area contributed by atoms with E-state index in [-0.39, 0.29) is 6.03 Å². The molecule has 3 heterocycles. The molecule has 3 aliphatic heterocycles. The molecule has 0 aromatic carbocycles. The Kier molecular flexibility index (Phi) is 5.38. The van der Waals surface area contributed by atoms with Crippen LogP contribution in [-0.2, 0) is 9.59 Å². The van der Waals surface area contributed by atoms with Crippen molar-refractivity contribution in [1.29, 1.82) is 0 Å². The summed E-state index contributed by atoms with van der Waals surface area (Å²) in [6.07, 6.45) is 5.80. The van der Waals surface area contributed by atoms with Gasteiger partial charge >= 0.3 is 17.8 Å². The van der Waals surface area contributed by atoms with Crippen LogP contribution in [0, 0.1) is 0 Å². The minimum Gasteiger partial charge on any atom is -0.333 e. The Balaban J connectivity index is 1.53. The van der Waals surface area contributed by atoms with Crippen molar-refractivity contribution < 1.29 is 14.4 Å². The van der Waals surface area contributed by atoms with Gasteiger partial charge in [0.25, 0.3) is 0 Å². The second-order valence-corrected chi connectivity index (χ2v) is 6.94. The van der Waals surface area contributed by atoms with Gasteiger partial charge in [0.1, 0.15) is 0 Å². The number of piperazine rings is 1. The van der Waals surface area contributed by atoms with Crippen LogP contribution in [0.5, 0.6) is 0 Å². The van der Waals surface area contributed by atoms with Gasteiger partial charge in [-0.2, -0.15) is 0 Å². The Morgan fingerprint density at radius 3 is 2.21 bits per heavy atom. The van der Waals surface area contributed by atoms with Crippen LogP contribution >= 0.6 is 0 Å². The highest BCUT2D eigenvalue weighted by Gasteiger charge is 2.38. The van der Waals surface area contributed by atoms with Crippen molar-refractivity contribution in [2.45, 2.75) is 45.1 Å². The summed E-state index contributed by atoms with van der Waals surface area (Å²) in [6.45, 7) is 6.79. The molecule has 24 heavy (non-hydrogen) atoms. The number of hydrogen-bond donors (Lipinski definition) is 0. The maximum absolute atomic E-state index is 12.6. The summed E-state index contributed by atoms with van der Waals surface area (Å²) in [6, 6.07) is 0.268. The second kappa shape index (κ2) is 7.51. The lowest BCUT2D eigenvalue weighted by Crippen LogP contribution is -2.60. The quantitative estimate of drug-likeness (QED) is 0.698. The third-order valence-electron chi connectivity index (χ3n) is 5.56. The molecule has 4 amide bonds. The fourth-order valence-corrected chi connectivity index (χ4v) is 4.04. The number of imide groups is 1. The van der Waals surface area contributed by atoms with E-state index in [0.717, 1.165) is 17.7 Å². The molecule has 0 aliphatic carbocycles. The first-order chi connectivity index (χ1) is 11.6. The number of piperidine rings is 2. The average molecular weight is 336 g/mol. The number of likely N-dealkylation sites (tertiary alicyclic amines) is 2. The zero-order valence-corrected chi connectivity index (χ0v) is 14.6. The van der Waals surface area contributed by atoms with Gasteiger partial charge < -0.3 is 14.7 Å². The predicted molar refractivity (Wildman–Crippen MR) is 89.4 cm³/mol. The third-order valence-corrected chi connectivity index (χ3v) is 5.56. The first-order valence-corrected chi connectivity index (χ1v) is 9.25. The normalized spacial score (nSPS) is 24.6. The maximum atomic E-state index is 12.6. The molecular weight excluding hydrogens is 308 g/mol. The summed E-state index contributed by atoms with van der Waals surface area (Å²) in [5.74, 6) is -1.23. The fourth-order valence-electron chi connectivity index (χ4n) is 4.04. The first kappa shape index (κ1) is 17.2. The molecule has 3 rings (SSSR count). The third kappa shape index (κ3) is 3.41. The Labute approximate surface area is 143 Å². The standard InChI is InChI=1S/C17H28N4O3/c1-2-18-12-13-21(16(23)15(18)22)17(24)20-10-6-14(7-11-20)19-8-4-3-5-9-19/h14H,2-13H2,1H3. The first-order valence-electron chi connectivity index (χ1n) is 9.25. The SMILES string of the molecule is CCN1CCN(C(=O)N2CCC(N3CCCCC3)CC2)C(=O)C1=O. The molecule has 0 spiro atoms. The van der Waals surface area contributed by atoms with E-state index < -0.39 is 11.8 Å². The highest BCUT2D eigenvalue weighted by molar-refractivity contribution is 6.38. The van der Waals surface area contributed by atoms with E-state index >= 15 is 0 Å². The zero-order chi connectivity index (χ0) is 17.1. The van der Waals surface area contributed by atoms with Gasteiger partial charge in [0.2, 0.25) is 0 Å². The molecule has 0 aromatic heterocycles. The van der Waals surface area contributed by atoms with Gasteiger partial charge in [-0.15, -0.1) is 0 Å². The number of carbonyl (C=O) groups is 3. The fraction of sp³-hybridized carbons (Fsp3) is 0.824. The van der Waals surface area contributed by atoms with E-state index in [1.54, 1.807) is 4.90 Å². The topological polar surface area (TPSA) is 64.2 Å². The summed E-state index contributed by atoms with van der Waals surface area (Å²) in [5, 5.41) is 0. The van der Waals surface area contributed by atoms with Crippen molar-refractivity contribution in [3.63, 3.8) is 0 Å². The molecule has 0 N–H and O–H groups in total. The highest BCUT2D eigenvalue weighted by atomic mass is 16.2. The number of likely N-dealkylation sites (N-methyl/N-ethyl adjacent to an activating group) is 1. The molecule has 0 unspecified atom stereocenters. The van der Waals surface area contributed by atoms with Gasteiger partial charge in [-0.05, 0) is 45.7 Å². The number of nitrogens with zero attached hydrogens (tertiary/aromatic N) is 4. The Morgan fingerprint density at radius 1 is 0.917 bits per heavy atom. The van der Waals surface area contributed by atoms with Crippen molar-refractivity contribution in [3.8, 4) is 0 Å². The maximum Gasteiger partial charge on any atom is 0.327 e. The lowest BCUT2D eigenvalue weighted by Gasteiger charge is -2.41. The summed E-state index contributed by atoms with van der Waals surface area (Å²) >= 11 is 0. The lowest BCUT2D eigenvalue weighted by molar-refractivity contribution is -0.154. The van der Waals surface area contributed by atoms with E-state index in [9.17, 15) is 14.4 Å². The van der Waals surface area contributed by atoms with Crippen LogP contribution in [0.1, 0.15) is 39.0 Å². The molecule has 3 fully saturated rings. The van der Waals surface area contributed by atoms with E-state index in [2.05, 4.69) is 4.90 Å². The average Bonchev–Trinajstić information content (AvgIpc) is 2.64. The predicted octanol–water partition coefficient (Wildman–Crippen LogP) is 0.747. The molecule has 3 saturated heterocycles. The molecule has 0 bridgehead atoms. The van der Waals surface area contributed by atoms with Gasteiger partial charge in [0.15, 0.2) is 0 Å². The van der Waals surface area contributed by atoms with Gasteiger partial charge in [-0.25, -0.2) is 4.79 Å². The number of urea groups is 1. The Morgan fingerprint density at radius 2 is 1.58 bits per heavy atom. The zero-order valence-electron chi connectivity index (χ0n) is 14.6. The van der Waals surface area contributed by atoms with Crippen LogP contribution in [0.3, 0.4) is 0 Å². The van der Waals surface area contributed by atoms with Crippen molar-refractivity contribution in [2.24, 2.45) is 0 Å². The molecule has 7 nitrogen and oxygen atoms in total. The van der Waals surface area contributed by atoms with Crippen LogP contribution in [0.2, 0.25) is 0 Å². The van der Waals surface area contributed by atoms with Crippen LogP contribution in [0.25, 0.3) is 0 Å². The summed E-state index contributed by atoms with van der Waals surface area (Å²) in [5.41, 5.74) is 0. The second-order valence-electron chi connectivity index (χ2n) is 6.94. The van der Waals surface area contributed by atoms with E-state index in [1.807, 2.05) is 6.92 Å². The molecule has 0 atom stereocenters. The van der Waals surface area contributed by atoms with Crippen LogP contribution in [0.4, 0.5) is 4.79 Å². The molecule has 0 aromatic rings. The number of rotatable bonds is 2. The van der Waals surface area contributed by atoms with Gasteiger partial charge in [0.05, 0.1) is 0 Å².